The third kappa shape index (κ3) is 4.97. The minimum Gasteiger partial charge on any atom is -0.396 e. The SMILES string of the molecule is C=C(C)[C@@H]1CC[C@]2(CO)CC[C@]3(C)[C@H](CC[C@@H]4[C@@]5(C)CC[C@H](O)C(C)(C)[C@@H]5CC[C@]43C)[C@@H]12.O=C[C@@H](O)[C@H](O)[C@H](O)CO. The van der Waals surface area contributed by atoms with E-state index in [4.69, 9.17) is 20.4 Å². The van der Waals surface area contributed by atoms with Crippen LogP contribution in [-0.2, 0) is 4.79 Å². The smallest absolute Gasteiger partial charge is 0.151 e. The lowest BCUT2D eigenvalue weighted by atomic mass is 9.32. The van der Waals surface area contributed by atoms with Gasteiger partial charge in [-0.15, -0.1) is 0 Å². The molecule has 0 amide bonds. The Balaban J connectivity index is 0.000000349. The molecule has 5 rings (SSSR count). The highest BCUT2D eigenvalue weighted by Crippen LogP contribution is 2.77. The van der Waals surface area contributed by atoms with E-state index in [1.807, 2.05) is 0 Å². The third-order valence-corrected chi connectivity index (χ3v) is 14.6. The fourth-order valence-electron chi connectivity index (χ4n) is 12.0. The van der Waals surface area contributed by atoms with Gasteiger partial charge < -0.3 is 35.4 Å². The first-order valence-corrected chi connectivity index (χ1v) is 16.6. The predicted molar refractivity (Wildman–Crippen MR) is 163 cm³/mol. The van der Waals surface area contributed by atoms with Crippen LogP contribution in [0.2, 0.25) is 0 Å². The zero-order valence-electron chi connectivity index (χ0n) is 27.1. The molecule has 5 aliphatic carbocycles. The standard InChI is InChI=1S/C30H50O2.C5H10O5/c1-19(2)20-10-15-30(18-31)17-16-28(6)21(25(20)30)8-9-23-27(5)13-12-24(32)26(3,4)22(27)11-14-29(23,28)7;6-1-3(8)5(10)4(9)2-7/h20-25,31-32H,1,8-18H2,2-7H3;1,3-5,7-10H,2H2/t20-,21+,22-,23+,24-,25+,27-,28+,29+,30+;3-,4-,5+/m01/s1. The number of fused-ring (bicyclic) bond motifs is 7. The van der Waals surface area contributed by atoms with E-state index in [1.54, 1.807) is 0 Å². The molecule has 7 heteroatoms. The van der Waals surface area contributed by atoms with Gasteiger partial charge >= 0.3 is 0 Å². The quantitative estimate of drug-likeness (QED) is 0.200. The van der Waals surface area contributed by atoms with E-state index in [1.165, 1.54) is 63.4 Å². The second-order valence-electron chi connectivity index (χ2n) is 16.4. The van der Waals surface area contributed by atoms with Crippen molar-refractivity contribution in [3.05, 3.63) is 12.2 Å². The average molecular weight is 593 g/mol. The van der Waals surface area contributed by atoms with Crippen molar-refractivity contribution in [2.24, 2.45) is 56.7 Å². The molecular formula is C35H60O7. The van der Waals surface area contributed by atoms with E-state index in [9.17, 15) is 15.0 Å². The number of carbonyl (C=O) groups is 1. The molecule has 0 aromatic carbocycles. The molecule has 6 N–H and O–H groups in total. The van der Waals surface area contributed by atoms with E-state index in [-0.39, 0.29) is 23.2 Å². The van der Waals surface area contributed by atoms with Crippen molar-refractivity contribution in [3.63, 3.8) is 0 Å². The fourth-order valence-corrected chi connectivity index (χ4v) is 12.0. The first kappa shape index (κ1) is 34.1. The largest absolute Gasteiger partial charge is 0.396 e. The Hall–Kier alpha value is -0.830. The van der Waals surface area contributed by atoms with Crippen LogP contribution in [0, 0.1) is 56.7 Å². The summed E-state index contributed by atoms with van der Waals surface area (Å²) in [6.07, 6.45) is 7.59. The lowest BCUT2D eigenvalue weighted by Gasteiger charge is -2.73. The predicted octanol–water partition coefficient (Wildman–Crippen LogP) is 4.26. The molecule has 13 atom stereocenters. The lowest BCUT2D eigenvalue weighted by Crippen LogP contribution is -2.66. The first-order valence-electron chi connectivity index (χ1n) is 16.6. The van der Waals surface area contributed by atoms with Crippen molar-refractivity contribution in [2.45, 2.75) is 130 Å². The van der Waals surface area contributed by atoms with Gasteiger partial charge in [0.05, 0.1) is 12.7 Å². The molecular weight excluding hydrogens is 532 g/mol. The van der Waals surface area contributed by atoms with Gasteiger partial charge in [-0.25, -0.2) is 0 Å². The summed E-state index contributed by atoms with van der Waals surface area (Å²) in [7, 11) is 0. The van der Waals surface area contributed by atoms with E-state index < -0.39 is 24.9 Å². The molecule has 0 unspecified atom stereocenters. The summed E-state index contributed by atoms with van der Waals surface area (Å²) >= 11 is 0. The van der Waals surface area contributed by atoms with Crippen LogP contribution in [0.5, 0.6) is 0 Å². The molecule has 0 aliphatic heterocycles. The molecule has 5 saturated carbocycles. The zero-order chi connectivity index (χ0) is 31.5. The Kier molecular flexibility index (Phi) is 9.59. The summed E-state index contributed by atoms with van der Waals surface area (Å²) < 4.78 is 0. The maximum atomic E-state index is 10.9. The van der Waals surface area contributed by atoms with Gasteiger partial charge in [0.1, 0.15) is 18.3 Å². The van der Waals surface area contributed by atoms with Crippen molar-refractivity contribution in [1.82, 2.24) is 0 Å². The Morgan fingerprint density at radius 3 is 2.10 bits per heavy atom. The van der Waals surface area contributed by atoms with Crippen LogP contribution in [0.25, 0.3) is 0 Å². The van der Waals surface area contributed by atoms with Crippen LogP contribution in [0.3, 0.4) is 0 Å². The van der Waals surface area contributed by atoms with Crippen LogP contribution in [-0.4, -0.2) is 74.6 Å². The van der Waals surface area contributed by atoms with E-state index >= 15 is 0 Å². The summed E-state index contributed by atoms with van der Waals surface area (Å²) in [6, 6.07) is 0. The Bertz CT molecular complexity index is 998. The molecule has 242 valence electrons. The van der Waals surface area contributed by atoms with Crippen molar-refractivity contribution < 1.29 is 35.4 Å². The molecule has 0 aromatic rings. The van der Waals surface area contributed by atoms with Crippen LogP contribution < -0.4 is 0 Å². The van der Waals surface area contributed by atoms with Gasteiger partial charge in [0.2, 0.25) is 0 Å². The van der Waals surface area contributed by atoms with Gasteiger partial charge in [-0.1, -0.05) is 46.8 Å². The molecule has 0 radical (unpaired) electrons. The topological polar surface area (TPSA) is 138 Å². The maximum absolute atomic E-state index is 10.9. The summed E-state index contributed by atoms with van der Waals surface area (Å²) in [5.41, 5.74) is 2.60. The van der Waals surface area contributed by atoms with Crippen LogP contribution in [0.15, 0.2) is 12.2 Å². The number of rotatable bonds is 6. The van der Waals surface area contributed by atoms with Crippen LogP contribution in [0.1, 0.15) is 106 Å². The van der Waals surface area contributed by atoms with Gasteiger partial charge in [0.15, 0.2) is 6.29 Å². The molecule has 0 saturated heterocycles. The van der Waals surface area contributed by atoms with Crippen molar-refractivity contribution in [2.75, 3.05) is 13.2 Å². The summed E-state index contributed by atoms with van der Waals surface area (Å²) in [4.78, 5) is 9.76. The number of aliphatic hydroxyl groups is 6. The number of hydrogen-bond donors (Lipinski definition) is 6. The van der Waals surface area contributed by atoms with Crippen molar-refractivity contribution in [1.29, 1.82) is 0 Å². The number of allylic oxidation sites excluding steroid dienone is 1. The summed E-state index contributed by atoms with van der Waals surface area (Å²) in [6.45, 7) is 19.0. The minimum atomic E-state index is -1.64. The molecule has 0 bridgehead atoms. The molecule has 42 heavy (non-hydrogen) atoms. The third-order valence-electron chi connectivity index (χ3n) is 14.6. The molecule has 0 aromatic heterocycles. The molecule has 5 aliphatic rings. The second-order valence-corrected chi connectivity index (χ2v) is 16.4. The molecule has 0 heterocycles. The number of aldehydes is 1. The molecule has 0 spiro atoms. The normalized spacial score (nSPS) is 47.7. The van der Waals surface area contributed by atoms with Crippen molar-refractivity contribution >= 4 is 6.29 Å². The summed E-state index contributed by atoms with van der Waals surface area (Å²) in [5, 5.41) is 55.6. The number of carbonyl (C=O) groups excluding carboxylic acids is 1. The Morgan fingerprint density at radius 1 is 0.857 bits per heavy atom. The van der Waals surface area contributed by atoms with E-state index in [0.29, 0.717) is 40.6 Å². The highest BCUT2D eigenvalue weighted by atomic mass is 16.4. The Labute approximate surface area is 253 Å². The van der Waals surface area contributed by atoms with Gasteiger partial charge in [0, 0.05) is 6.61 Å². The second kappa shape index (κ2) is 11.8. The minimum absolute atomic E-state index is 0.0290. The first-order chi connectivity index (χ1) is 19.5. The molecule has 7 nitrogen and oxygen atoms in total. The Morgan fingerprint density at radius 2 is 1.52 bits per heavy atom. The van der Waals surface area contributed by atoms with Crippen LogP contribution >= 0.6 is 0 Å². The van der Waals surface area contributed by atoms with Gasteiger partial charge in [-0.3, -0.25) is 0 Å². The van der Waals surface area contributed by atoms with Crippen molar-refractivity contribution in [3.8, 4) is 0 Å². The summed E-state index contributed by atoms with van der Waals surface area (Å²) in [5.74, 6) is 3.33. The van der Waals surface area contributed by atoms with E-state index in [2.05, 4.69) is 48.1 Å². The highest BCUT2D eigenvalue weighted by Gasteiger charge is 2.70. The molecule has 5 fully saturated rings. The van der Waals surface area contributed by atoms with Gasteiger partial charge in [-0.05, 0) is 128 Å². The number of hydrogen-bond acceptors (Lipinski definition) is 7. The van der Waals surface area contributed by atoms with Gasteiger partial charge in [0.25, 0.3) is 0 Å². The maximum Gasteiger partial charge on any atom is 0.151 e. The van der Waals surface area contributed by atoms with Crippen LogP contribution in [0.4, 0.5) is 0 Å². The lowest BCUT2D eigenvalue weighted by molar-refractivity contribution is -0.249. The van der Waals surface area contributed by atoms with E-state index in [0.717, 1.165) is 18.3 Å². The highest BCUT2D eigenvalue weighted by molar-refractivity contribution is 5.56. The monoisotopic (exact) mass is 592 g/mol. The average Bonchev–Trinajstić information content (AvgIpc) is 3.35. The number of aliphatic hydroxyl groups excluding tert-OH is 6. The zero-order valence-corrected chi connectivity index (χ0v) is 27.1. The fraction of sp³-hybridized carbons (Fsp3) is 0.914. The van der Waals surface area contributed by atoms with Gasteiger partial charge in [-0.2, -0.15) is 0 Å².